The summed E-state index contributed by atoms with van der Waals surface area (Å²) in [4.78, 5) is 49.4. The molecule has 5 unspecified atom stereocenters. The summed E-state index contributed by atoms with van der Waals surface area (Å²) in [6, 6.07) is -3.71. The predicted molar refractivity (Wildman–Crippen MR) is 119 cm³/mol. The zero-order chi connectivity index (χ0) is 23.6. The third kappa shape index (κ3) is 9.44. The van der Waals surface area contributed by atoms with Crippen molar-refractivity contribution < 1.29 is 29.4 Å². The minimum Gasteiger partial charge on any atom is -0.480 e. The van der Waals surface area contributed by atoms with Crippen molar-refractivity contribution >= 4 is 35.5 Å². The van der Waals surface area contributed by atoms with Crippen LogP contribution in [0.1, 0.15) is 46.5 Å². The first-order chi connectivity index (χ1) is 14.6. The van der Waals surface area contributed by atoms with Crippen LogP contribution in [-0.2, 0) is 19.2 Å². The molecule has 11 heteroatoms. The molecule has 1 fully saturated rings. The minimum atomic E-state index is -1.35. The molecule has 3 amide bonds. The molecule has 0 aromatic rings. The van der Waals surface area contributed by atoms with Gasteiger partial charge in [0.05, 0.1) is 12.1 Å². The Balaban J connectivity index is 2.85. The summed E-state index contributed by atoms with van der Waals surface area (Å²) in [6.45, 7) is 5.73. The van der Waals surface area contributed by atoms with Crippen molar-refractivity contribution in [2.75, 3.05) is 18.6 Å². The number of amides is 3. The van der Waals surface area contributed by atoms with Gasteiger partial charge in [0.25, 0.3) is 0 Å². The SMILES string of the molecule is CSCCC(NC(=O)C1CCCN1)C(=O)NC(C(=O)NC(CC(C)C)C(=O)O)C(C)O. The molecule has 1 saturated heterocycles. The van der Waals surface area contributed by atoms with Crippen molar-refractivity contribution in [3.8, 4) is 0 Å². The molecular formula is C20H36N4O6S. The number of aliphatic hydroxyl groups excluding tert-OH is 1. The van der Waals surface area contributed by atoms with Gasteiger partial charge in [0.15, 0.2) is 0 Å². The summed E-state index contributed by atoms with van der Waals surface area (Å²) in [5.74, 6) is -2.22. The van der Waals surface area contributed by atoms with Crippen molar-refractivity contribution in [3.63, 3.8) is 0 Å². The van der Waals surface area contributed by atoms with Gasteiger partial charge in [-0.25, -0.2) is 4.79 Å². The highest BCUT2D eigenvalue weighted by Crippen LogP contribution is 2.09. The summed E-state index contributed by atoms with van der Waals surface area (Å²) in [7, 11) is 0. The second kappa shape index (κ2) is 13.5. The maximum absolute atomic E-state index is 12.9. The summed E-state index contributed by atoms with van der Waals surface area (Å²) in [5.41, 5.74) is 0. The number of carboxylic acids is 1. The molecule has 0 spiro atoms. The fourth-order valence-corrected chi connectivity index (χ4v) is 3.77. The molecular weight excluding hydrogens is 424 g/mol. The molecule has 1 aliphatic rings. The van der Waals surface area contributed by atoms with E-state index in [2.05, 4.69) is 21.3 Å². The highest BCUT2D eigenvalue weighted by molar-refractivity contribution is 7.98. The Kier molecular flexibility index (Phi) is 11.9. The summed E-state index contributed by atoms with van der Waals surface area (Å²) >= 11 is 1.51. The zero-order valence-electron chi connectivity index (χ0n) is 18.6. The van der Waals surface area contributed by atoms with E-state index in [4.69, 9.17) is 0 Å². The van der Waals surface area contributed by atoms with E-state index in [0.717, 1.165) is 13.0 Å². The first-order valence-electron chi connectivity index (χ1n) is 10.6. The van der Waals surface area contributed by atoms with Crippen LogP contribution >= 0.6 is 11.8 Å². The molecule has 1 aliphatic heterocycles. The van der Waals surface area contributed by atoms with Crippen LogP contribution in [-0.4, -0.2) is 82.7 Å². The maximum Gasteiger partial charge on any atom is 0.326 e. The second-order valence-electron chi connectivity index (χ2n) is 8.25. The fraction of sp³-hybridized carbons (Fsp3) is 0.800. The van der Waals surface area contributed by atoms with E-state index in [1.54, 1.807) is 0 Å². The number of carboxylic acid groups (broad SMARTS) is 1. The van der Waals surface area contributed by atoms with E-state index < -0.39 is 42.0 Å². The molecule has 0 aliphatic carbocycles. The van der Waals surface area contributed by atoms with E-state index in [1.165, 1.54) is 18.7 Å². The Morgan fingerprint density at radius 2 is 1.74 bits per heavy atom. The molecule has 10 nitrogen and oxygen atoms in total. The van der Waals surface area contributed by atoms with Gasteiger partial charge >= 0.3 is 5.97 Å². The molecule has 6 N–H and O–H groups in total. The first kappa shape index (κ1) is 27.2. The standard InChI is InChI=1S/C20H36N4O6S/c1-11(2)10-15(20(29)30)23-19(28)16(12(3)25)24-18(27)14(7-9-31-4)22-17(26)13-6-5-8-21-13/h11-16,21,25H,5-10H2,1-4H3,(H,22,26)(H,23,28)(H,24,27)(H,29,30). The molecule has 0 aromatic heterocycles. The molecule has 1 heterocycles. The fourth-order valence-electron chi connectivity index (χ4n) is 3.30. The molecule has 1 rings (SSSR count). The second-order valence-corrected chi connectivity index (χ2v) is 9.23. The monoisotopic (exact) mass is 460 g/mol. The highest BCUT2D eigenvalue weighted by atomic mass is 32.2. The van der Waals surface area contributed by atoms with Crippen LogP contribution in [0.4, 0.5) is 0 Å². The van der Waals surface area contributed by atoms with E-state index in [1.807, 2.05) is 20.1 Å². The average molecular weight is 461 g/mol. The molecule has 5 atom stereocenters. The third-order valence-corrected chi connectivity index (χ3v) is 5.65. The van der Waals surface area contributed by atoms with Crippen LogP contribution < -0.4 is 21.3 Å². The lowest BCUT2D eigenvalue weighted by Crippen LogP contribution is -2.60. The molecule has 178 valence electrons. The van der Waals surface area contributed by atoms with Crippen LogP contribution in [0.3, 0.4) is 0 Å². The van der Waals surface area contributed by atoms with Gasteiger partial charge in [-0.1, -0.05) is 13.8 Å². The Hall–Kier alpha value is -1.85. The molecule has 31 heavy (non-hydrogen) atoms. The quantitative estimate of drug-likeness (QED) is 0.214. The zero-order valence-corrected chi connectivity index (χ0v) is 19.5. The van der Waals surface area contributed by atoms with E-state index in [0.29, 0.717) is 18.6 Å². The van der Waals surface area contributed by atoms with E-state index in [-0.39, 0.29) is 24.3 Å². The number of carbonyl (C=O) groups excluding carboxylic acids is 3. The van der Waals surface area contributed by atoms with Gasteiger partial charge in [-0.15, -0.1) is 0 Å². The largest absolute Gasteiger partial charge is 0.480 e. The number of aliphatic hydroxyl groups is 1. The molecule has 0 aromatic carbocycles. The van der Waals surface area contributed by atoms with Crippen LogP contribution in [0.25, 0.3) is 0 Å². The van der Waals surface area contributed by atoms with Crippen molar-refractivity contribution in [2.24, 2.45) is 5.92 Å². The van der Waals surface area contributed by atoms with Crippen LogP contribution in [0.15, 0.2) is 0 Å². The topological polar surface area (TPSA) is 157 Å². The van der Waals surface area contributed by atoms with Gasteiger partial charge in [0.1, 0.15) is 18.1 Å². The Labute approximate surface area is 187 Å². The van der Waals surface area contributed by atoms with Crippen molar-refractivity contribution in [3.05, 3.63) is 0 Å². The van der Waals surface area contributed by atoms with Crippen molar-refractivity contribution in [2.45, 2.75) is 76.7 Å². The van der Waals surface area contributed by atoms with Crippen molar-refractivity contribution in [1.29, 1.82) is 0 Å². The van der Waals surface area contributed by atoms with Gasteiger partial charge in [-0.05, 0) is 57.1 Å². The number of carbonyl (C=O) groups is 4. The minimum absolute atomic E-state index is 0.0244. The lowest BCUT2D eigenvalue weighted by Gasteiger charge is -2.26. The van der Waals surface area contributed by atoms with Gasteiger partial charge < -0.3 is 31.5 Å². The molecule has 0 saturated carbocycles. The lowest BCUT2D eigenvalue weighted by atomic mass is 10.0. The molecule has 0 radical (unpaired) electrons. The Morgan fingerprint density at radius 1 is 1.06 bits per heavy atom. The van der Waals surface area contributed by atoms with Crippen LogP contribution in [0.5, 0.6) is 0 Å². The Bertz CT molecular complexity index is 625. The number of hydrogen-bond donors (Lipinski definition) is 6. The molecule has 0 bridgehead atoms. The van der Waals surface area contributed by atoms with E-state index >= 15 is 0 Å². The summed E-state index contributed by atoms with van der Waals surface area (Å²) in [6.07, 6.45) is 2.75. The lowest BCUT2D eigenvalue weighted by molar-refractivity contribution is -0.143. The first-order valence-corrected chi connectivity index (χ1v) is 12.0. The van der Waals surface area contributed by atoms with Crippen LogP contribution in [0.2, 0.25) is 0 Å². The normalized spacial score (nSPS) is 19.9. The van der Waals surface area contributed by atoms with Gasteiger partial charge in [0, 0.05) is 0 Å². The van der Waals surface area contributed by atoms with Gasteiger partial charge in [0.2, 0.25) is 17.7 Å². The number of nitrogens with one attached hydrogen (secondary N) is 4. The number of aliphatic carboxylic acids is 1. The van der Waals surface area contributed by atoms with Crippen molar-refractivity contribution in [1.82, 2.24) is 21.3 Å². The van der Waals surface area contributed by atoms with Gasteiger partial charge in [-0.2, -0.15) is 11.8 Å². The Morgan fingerprint density at radius 3 is 2.23 bits per heavy atom. The number of rotatable bonds is 13. The summed E-state index contributed by atoms with van der Waals surface area (Å²) < 4.78 is 0. The average Bonchev–Trinajstić information content (AvgIpc) is 3.22. The number of thioether (sulfide) groups is 1. The number of hydrogen-bond acceptors (Lipinski definition) is 7. The van der Waals surface area contributed by atoms with E-state index in [9.17, 15) is 29.4 Å². The summed E-state index contributed by atoms with van der Waals surface area (Å²) in [5, 5.41) is 30.1. The van der Waals surface area contributed by atoms with Gasteiger partial charge in [-0.3, -0.25) is 14.4 Å². The maximum atomic E-state index is 12.9. The van der Waals surface area contributed by atoms with Crippen LogP contribution in [0, 0.1) is 5.92 Å². The predicted octanol–water partition coefficient (Wildman–Crippen LogP) is -0.543. The smallest absolute Gasteiger partial charge is 0.326 e. The highest BCUT2D eigenvalue weighted by Gasteiger charge is 2.33. The third-order valence-electron chi connectivity index (χ3n) is 5.00.